The largest absolute Gasteiger partial charge is 0.493 e. The molecule has 182 valence electrons. The van der Waals surface area contributed by atoms with Gasteiger partial charge in [0, 0.05) is 11.3 Å². The summed E-state index contributed by atoms with van der Waals surface area (Å²) in [6, 6.07) is 4.17. The lowest BCUT2D eigenvalue weighted by Gasteiger charge is -2.34. The van der Waals surface area contributed by atoms with Gasteiger partial charge in [0.2, 0.25) is 5.75 Å². The van der Waals surface area contributed by atoms with Crippen LogP contribution in [0.4, 0.5) is 19.0 Å². The maximum Gasteiger partial charge on any atom is 0.410 e. The summed E-state index contributed by atoms with van der Waals surface area (Å²) in [7, 11) is 4.30. The summed E-state index contributed by atoms with van der Waals surface area (Å²) in [5.41, 5.74) is 0.518. The van der Waals surface area contributed by atoms with Crippen molar-refractivity contribution in [3.05, 3.63) is 51.8 Å². The average molecular weight is 497 g/mol. The minimum Gasteiger partial charge on any atom is -0.493 e. The Morgan fingerprint density at radius 2 is 1.94 bits per heavy atom. The highest BCUT2D eigenvalue weighted by molar-refractivity contribution is 7.09. The molecule has 0 fully saturated rings. The van der Waals surface area contributed by atoms with Gasteiger partial charge in [0.15, 0.2) is 17.5 Å². The number of anilines is 1. The number of carbonyl (C=O) groups is 1. The van der Waals surface area contributed by atoms with Crippen molar-refractivity contribution in [2.75, 3.05) is 26.6 Å². The quantitative estimate of drug-likeness (QED) is 0.499. The summed E-state index contributed by atoms with van der Waals surface area (Å²) < 4.78 is 58.9. The van der Waals surface area contributed by atoms with E-state index >= 15 is 0 Å². The molecule has 1 aliphatic heterocycles. The van der Waals surface area contributed by atoms with Crippen molar-refractivity contribution in [3.8, 4) is 17.2 Å². The number of ether oxygens (including phenoxy) is 3. The highest BCUT2D eigenvalue weighted by Gasteiger charge is 2.47. The molecule has 2 N–H and O–H groups in total. The predicted molar refractivity (Wildman–Crippen MR) is 120 cm³/mol. The monoisotopic (exact) mass is 496 g/mol. The number of benzene rings is 1. The van der Waals surface area contributed by atoms with Gasteiger partial charge in [0.1, 0.15) is 11.4 Å². The summed E-state index contributed by atoms with van der Waals surface area (Å²) in [4.78, 5) is 13.7. The van der Waals surface area contributed by atoms with Gasteiger partial charge >= 0.3 is 6.18 Å². The van der Waals surface area contributed by atoms with Gasteiger partial charge in [-0.3, -0.25) is 4.79 Å². The summed E-state index contributed by atoms with van der Waals surface area (Å²) in [5.74, 6) is 0.436. The van der Waals surface area contributed by atoms with Gasteiger partial charge in [-0.05, 0) is 29.1 Å². The van der Waals surface area contributed by atoms with Crippen molar-refractivity contribution < 1.29 is 32.2 Å². The molecule has 0 saturated carbocycles. The number of hydrogen-bond donors (Lipinski definition) is 2. The number of carbonyl (C=O) groups excluding carboxylic acids is 1. The second kappa shape index (κ2) is 9.45. The van der Waals surface area contributed by atoms with E-state index in [4.69, 9.17) is 14.2 Å². The number of halogens is 3. The molecule has 0 bridgehead atoms. The maximum absolute atomic E-state index is 14.0. The molecular weight excluding hydrogens is 473 g/mol. The molecular formula is C22H23F3N4O4S. The van der Waals surface area contributed by atoms with Crippen molar-refractivity contribution in [2.45, 2.75) is 31.2 Å². The number of thiophene rings is 1. The Bertz CT molecular complexity index is 1140. The van der Waals surface area contributed by atoms with E-state index in [0.29, 0.717) is 22.8 Å². The highest BCUT2D eigenvalue weighted by Crippen LogP contribution is 2.47. The number of fused-ring (bicyclic) bond motifs is 1. The predicted octanol–water partition coefficient (Wildman–Crippen LogP) is 4.56. The summed E-state index contributed by atoms with van der Waals surface area (Å²) in [6.45, 7) is 0.264. The Morgan fingerprint density at radius 3 is 2.50 bits per heavy atom. The third-order valence-corrected chi connectivity index (χ3v) is 6.45. The van der Waals surface area contributed by atoms with E-state index in [1.165, 1.54) is 32.7 Å². The molecule has 4 rings (SSSR count). The van der Waals surface area contributed by atoms with E-state index in [-0.39, 0.29) is 24.3 Å². The second-order valence-corrected chi connectivity index (χ2v) is 8.59. The lowest BCUT2D eigenvalue weighted by atomic mass is 9.95. The van der Waals surface area contributed by atoms with Crippen LogP contribution in [0.1, 0.15) is 39.3 Å². The van der Waals surface area contributed by atoms with Crippen LogP contribution in [0, 0.1) is 0 Å². The molecule has 3 aromatic rings. The molecule has 2 aromatic heterocycles. The first-order valence-corrected chi connectivity index (χ1v) is 11.2. The molecule has 0 saturated heterocycles. The van der Waals surface area contributed by atoms with Gasteiger partial charge in [-0.1, -0.05) is 6.07 Å². The van der Waals surface area contributed by atoms with E-state index in [1.807, 2.05) is 17.5 Å². The molecule has 34 heavy (non-hydrogen) atoms. The standard InChI is InChI=1S/C22H23F3N4O4S/c1-31-16-7-12(8-17(32-2)19(16)33-3)15-9-18(22(23,24)25)29-20(28-15)14(11-27-29)21(30)26-10-13-5-4-6-34-13/h4-8,11,15,18,28H,9-10H2,1-3H3,(H,26,30)/t15-,18-/m1/s1. The maximum atomic E-state index is 14.0. The first-order chi connectivity index (χ1) is 16.3. The summed E-state index contributed by atoms with van der Waals surface area (Å²) >= 11 is 1.47. The number of amides is 1. The van der Waals surface area contributed by atoms with Crippen LogP contribution in [0.2, 0.25) is 0 Å². The first-order valence-electron chi connectivity index (χ1n) is 10.3. The number of alkyl halides is 3. The molecule has 0 radical (unpaired) electrons. The van der Waals surface area contributed by atoms with Crippen LogP contribution in [0.25, 0.3) is 0 Å². The van der Waals surface area contributed by atoms with Gasteiger partial charge in [-0.15, -0.1) is 11.3 Å². The molecule has 1 aliphatic rings. The Hall–Kier alpha value is -3.41. The molecule has 0 aliphatic carbocycles. The zero-order valence-corrected chi connectivity index (χ0v) is 19.4. The average Bonchev–Trinajstić information content (AvgIpc) is 3.50. The Balaban J connectivity index is 1.70. The third-order valence-electron chi connectivity index (χ3n) is 5.58. The molecule has 0 unspecified atom stereocenters. The van der Waals surface area contributed by atoms with Crippen molar-refractivity contribution in [1.29, 1.82) is 0 Å². The molecule has 8 nitrogen and oxygen atoms in total. The summed E-state index contributed by atoms with van der Waals surface area (Å²) in [6.07, 6.45) is -3.76. The molecule has 3 heterocycles. The lowest BCUT2D eigenvalue weighted by Crippen LogP contribution is -2.36. The molecule has 2 atom stereocenters. The Morgan fingerprint density at radius 1 is 1.24 bits per heavy atom. The molecule has 1 amide bonds. The smallest absolute Gasteiger partial charge is 0.410 e. The zero-order chi connectivity index (χ0) is 24.5. The number of aromatic nitrogens is 2. The molecule has 0 spiro atoms. The van der Waals surface area contributed by atoms with E-state index < -0.39 is 24.2 Å². The highest BCUT2D eigenvalue weighted by atomic mass is 32.1. The van der Waals surface area contributed by atoms with Crippen LogP contribution < -0.4 is 24.8 Å². The van der Waals surface area contributed by atoms with Crippen LogP contribution in [0.3, 0.4) is 0 Å². The van der Waals surface area contributed by atoms with Gasteiger partial charge in [-0.25, -0.2) is 4.68 Å². The van der Waals surface area contributed by atoms with Gasteiger partial charge in [0.25, 0.3) is 5.91 Å². The van der Waals surface area contributed by atoms with Crippen LogP contribution >= 0.6 is 11.3 Å². The van der Waals surface area contributed by atoms with Crippen molar-refractivity contribution in [3.63, 3.8) is 0 Å². The fourth-order valence-electron chi connectivity index (χ4n) is 3.93. The molecule has 1 aromatic carbocycles. The van der Waals surface area contributed by atoms with E-state index in [1.54, 1.807) is 12.1 Å². The van der Waals surface area contributed by atoms with E-state index in [0.717, 1.165) is 15.8 Å². The van der Waals surface area contributed by atoms with E-state index in [2.05, 4.69) is 15.7 Å². The van der Waals surface area contributed by atoms with Crippen molar-refractivity contribution in [1.82, 2.24) is 15.1 Å². The van der Waals surface area contributed by atoms with Crippen molar-refractivity contribution in [2.24, 2.45) is 0 Å². The minimum absolute atomic E-state index is 0.00370. The number of nitrogens with one attached hydrogen (secondary N) is 2. The van der Waals surface area contributed by atoms with Gasteiger partial charge in [-0.2, -0.15) is 18.3 Å². The van der Waals surface area contributed by atoms with Crippen molar-refractivity contribution >= 4 is 23.1 Å². The van der Waals surface area contributed by atoms with Gasteiger partial charge in [0.05, 0.1) is 40.1 Å². The van der Waals surface area contributed by atoms with Gasteiger partial charge < -0.3 is 24.8 Å². The topological polar surface area (TPSA) is 86.6 Å². The van der Waals surface area contributed by atoms with Crippen LogP contribution in [-0.2, 0) is 6.54 Å². The minimum atomic E-state index is -4.58. The first kappa shape index (κ1) is 23.7. The summed E-state index contributed by atoms with van der Waals surface area (Å²) in [5, 5.41) is 11.6. The second-order valence-electron chi connectivity index (χ2n) is 7.56. The normalized spacial score (nSPS) is 17.5. The lowest BCUT2D eigenvalue weighted by molar-refractivity contribution is -0.173. The SMILES string of the molecule is COc1cc([C@H]2C[C@H](C(F)(F)F)n3ncc(C(=O)NCc4cccs4)c3N2)cc(OC)c1OC. The zero-order valence-electron chi connectivity index (χ0n) is 18.6. The van der Waals surface area contributed by atoms with E-state index in [9.17, 15) is 18.0 Å². The number of methoxy groups -OCH3 is 3. The van der Waals surface area contributed by atoms with Crippen LogP contribution in [0.15, 0.2) is 35.8 Å². The Labute approximate surface area is 197 Å². The fraction of sp³-hybridized carbons (Fsp3) is 0.364. The van der Waals surface area contributed by atoms with Crippen LogP contribution in [0.5, 0.6) is 17.2 Å². The number of nitrogens with zero attached hydrogens (tertiary/aromatic N) is 2. The fourth-order valence-corrected chi connectivity index (χ4v) is 4.57. The Kier molecular flexibility index (Phi) is 6.60. The van der Waals surface area contributed by atoms with Crippen LogP contribution in [-0.4, -0.2) is 43.2 Å². The molecule has 12 heteroatoms. The third kappa shape index (κ3) is 4.49. The number of rotatable bonds is 7. The number of hydrogen-bond acceptors (Lipinski definition) is 7.